The van der Waals surface area contributed by atoms with Crippen LogP contribution >= 0.6 is 11.3 Å². The molecule has 0 aromatic carbocycles. The molecule has 3 atom stereocenters. The van der Waals surface area contributed by atoms with Crippen LogP contribution in [0.15, 0.2) is 5.38 Å². The van der Waals surface area contributed by atoms with Gasteiger partial charge in [0, 0.05) is 11.3 Å². The number of aromatic nitrogens is 1. The summed E-state index contributed by atoms with van der Waals surface area (Å²) in [7, 11) is 0. The van der Waals surface area contributed by atoms with Crippen LogP contribution in [0.5, 0.6) is 0 Å². The predicted molar refractivity (Wildman–Crippen MR) is 68.4 cm³/mol. The van der Waals surface area contributed by atoms with Gasteiger partial charge in [-0.1, -0.05) is 0 Å². The van der Waals surface area contributed by atoms with E-state index in [1.165, 1.54) is 5.38 Å². The number of ether oxygens (including phenoxy) is 1. The van der Waals surface area contributed by atoms with Crippen molar-refractivity contribution in [3.63, 3.8) is 0 Å². The minimum absolute atomic E-state index is 0.108. The third kappa shape index (κ3) is 2.64. The molecule has 1 aromatic rings. The Morgan fingerprint density at radius 3 is 3.05 bits per heavy atom. The Hall–Kier alpha value is -1.43. The number of halogens is 3. The van der Waals surface area contributed by atoms with E-state index in [0.29, 0.717) is 5.01 Å². The number of rotatable bonds is 2. The monoisotopic (exact) mass is 339 g/mol. The van der Waals surface area contributed by atoms with Crippen LogP contribution in [0, 0.1) is 5.92 Å². The highest BCUT2D eigenvalue weighted by Crippen LogP contribution is 2.45. The van der Waals surface area contributed by atoms with E-state index in [0.717, 1.165) is 11.3 Å². The summed E-state index contributed by atoms with van der Waals surface area (Å²) in [5, 5.41) is 12.7. The van der Waals surface area contributed by atoms with Crippen LogP contribution in [0.2, 0.25) is 0 Å². The van der Waals surface area contributed by atoms with Crippen molar-refractivity contribution in [2.75, 3.05) is 18.5 Å². The smallest absolute Gasteiger partial charge is 0.414 e. The first-order valence-corrected chi connectivity index (χ1v) is 7.22. The quantitative estimate of drug-likeness (QED) is 0.762. The van der Waals surface area contributed by atoms with Crippen molar-refractivity contribution in [2.45, 2.75) is 24.2 Å². The molecular weight excluding hydrogens is 327 g/mol. The van der Waals surface area contributed by atoms with E-state index in [9.17, 15) is 18.0 Å². The third-order valence-corrected chi connectivity index (χ3v) is 4.75. The van der Waals surface area contributed by atoms with Gasteiger partial charge in [0.05, 0.1) is 13.2 Å². The lowest BCUT2D eigenvalue weighted by Gasteiger charge is -2.39. The van der Waals surface area contributed by atoms with E-state index in [-0.39, 0.29) is 25.5 Å². The summed E-state index contributed by atoms with van der Waals surface area (Å²) < 4.78 is 43.4. The molecule has 3 N–H and O–H groups in total. The third-order valence-electron chi connectivity index (χ3n) is 3.73. The maximum absolute atomic E-state index is 12.8. The largest absolute Gasteiger partial charge is 0.465 e. The second-order valence-corrected chi connectivity index (χ2v) is 5.98. The molecule has 3 heterocycles. The van der Waals surface area contributed by atoms with Crippen molar-refractivity contribution in [2.24, 2.45) is 5.92 Å². The second-order valence-electron chi connectivity index (χ2n) is 5.13. The summed E-state index contributed by atoms with van der Waals surface area (Å²) >= 11 is 1.13. The number of nitrogens with zero attached hydrogens (tertiary/aromatic N) is 1. The Kier molecular flexibility index (Phi) is 3.75. The van der Waals surface area contributed by atoms with Crippen LogP contribution in [0.3, 0.4) is 0 Å². The van der Waals surface area contributed by atoms with E-state index in [1.54, 1.807) is 0 Å². The highest BCUT2D eigenvalue weighted by atomic mass is 32.1. The molecule has 0 saturated carbocycles. The lowest BCUT2D eigenvalue weighted by atomic mass is 9.81. The van der Waals surface area contributed by atoms with Gasteiger partial charge in [-0.2, -0.15) is 18.7 Å². The molecule has 2 saturated heterocycles. The zero-order valence-corrected chi connectivity index (χ0v) is 11.8. The van der Waals surface area contributed by atoms with E-state index in [2.05, 4.69) is 15.8 Å². The molecule has 0 aliphatic carbocycles. The molecule has 1 aromatic heterocycles. The Bertz CT molecular complexity index is 581. The summed E-state index contributed by atoms with van der Waals surface area (Å²) in [4.78, 5) is 19.8. The van der Waals surface area contributed by atoms with Gasteiger partial charge >= 0.3 is 12.3 Å². The second kappa shape index (κ2) is 5.33. The van der Waals surface area contributed by atoms with Crippen LogP contribution in [0.1, 0.15) is 11.4 Å². The van der Waals surface area contributed by atoms with E-state index >= 15 is 0 Å². The Morgan fingerprint density at radius 2 is 2.36 bits per heavy atom. The fourth-order valence-corrected chi connectivity index (χ4v) is 3.59. The fourth-order valence-electron chi connectivity index (χ4n) is 2.63. The molecule has 122 valence electrons. The minimum atomic E-state index is -4.42. The van der Waals surface area contributed by atoms with E-state index in [1.807, 2.05) is 0 Å². The van der Waals surface area contributed by atoms with Crippen molar-refractivity contribution >= 4 is 23.2 Å². The van der Waals surface area contributed by atoms with Crippen molar-refractivity contribution in [3.05, 3.63) is 10.4 Å². The van der Waals surface area contributed by atoms with Crippen LogP contribution in [0.4, 0.5) is 23.8 Å². The van der Waals surface area contributed by atoms with Gasteiger partial charge in [0.2, 0.25) is 0 Å². The highest BCUT2D eigenvalue weighted by molar-refractivity contribution is 7.10. The first kappa shape index (κ1) is 15.5. The average Bonchev–Trinajstić information content (AvgIpc) is 3.02. The molecule has 7 nitrogen and oxygen atoms in total. The van der Waals surface area contributed by atoms with Crippen molar-refractivity contribution in [3.8, 4) is 0 Å². The summed E-state index contributed by atoms with van der Waals surface area (Å²) in [6.45, 7) is -0.140. The minimum Gasteiger partial charge on any atom is -0.465 e. The van der Waals surface area contributed by atoms with Crippen molar-refractivity contribution in [1.82, 2.24) is 10.5 Å². The molecule has 0 radical (unpaired) electrons. The van der Waals surface area contributed by atoms with Gasteiger partial charge in [0.15, 0.2) is 6.10 Å². The van der Waals surface area contributed by atoms with Gasteiger partial charge in [-0.25, -0.2) is 9.78 Å². The van der Waals surface area contributed by atoms with Crippen LogP contribution < -0.4 is 10.8 Å². The number of amides is 1. The van der Waals surface area contributed by atoms with Crippen molar-refractivity contribution < 1.29 is 32.6 Å². The van der Waals surface area contributed by atoms with Gasteiger partial charge in [-0.05, 0) is 6.42 Å². The lowest BCUT2D eigenvalue weighted by molar-refractivity contribution is -0.245. The predicted octanol–water partition coefficient (Wildman–Crippen LogP) is 1.93. The molecule has 3 rings (SSSR count). The molecule has 2 aliphatic rings. The maximum Gasteiger partial charge on any atom is 0.414 e. The van der Waals surface area contributed by atoms with Gasteiger partial charge in [-0.15, -0.1) is 11.3 Å². The molecule has 1 amide bonds. The first-order chi connectivity index (χ1) is 10.3. The van der Waals surface area contributed by atoms with Crippen LogP contribution in [-0.4, -0.2) is 41.7 Å². The Morgan fingerprint density at radius 1 is 1.59 bits per heavy atom. The molecule has 22 heavy (non-hydrogen) atoms. The molecule has 2 aliphatic heterocycles. The number of hydroxylamine groups is 1. The summed E-state index contributed by atoms with van der Waals surface area (Å²) in [5.41, 5.74) is 1.73. The molecule has 0 spiro atoms. The number of nitrogens with one attached hydrogen (secondary N) is 2. The number of fused-ring (bicyclic) bond motifs is 1. The number of thiazole rings is 1. The normalized spacial score (nSPS) is 31.8. The number of anilines is 1. The molecule has 2 fully saturated rings. The van der Waals surface area contributed by atoms with Crippen LogP contribution in [0.25, 0.3) is 0 Å². The number of alkyl halides is 3. The lowest BCUT2D eigenvalue weighted by Crippen LogP contribution is -2.54. The fraction of sp³-hybridized carbons (Fsp3) is 0.636. The first-order valence-electron chi connectivity index (χ1n) is 6.34. The topological polar surface area (TPSA) is 92.7 Å². The summed E-state index contributed by atoms with van der Waals surface area (Å²) in [5.74, 6) is -0.344. The average molecular weight is 339 g/mol. The number of carbonyl (C=O) groups is 1. The molecule has 3 unspecified atom stereocenters. The standard InChI is InChI=1S/C11H12F3N3O4S/c12-11(13,14)6-1-5-2-21-17-10(5,4-20-6)8-15-7(3-22-8)16-9(18)19/h3,5-6,16-17H,1-2,4H2,(H,18,19). The molecular formula is C11H12F3N3O4S. The number of carboxylic acid groups (broad SMARTS) is 1. The molecule has 0 bridgehead atoms. The number of hydrogen-bond acceptors (Lipinski definition) is 6. The zero-order chi connectivity index (χ0) is 16.0. The van der Waals surface area contributed by atoms with Gasteiger partial charge < -0.3 is 14.7 Å². The van der Waals surface area contributed by atoms with Crippen molar-refractivity contribution in [1.29, 1.82) is 0 Å². The van der Waals surface area contributed by atoms with Crippen LogP contribution in [-0.2, 0) is 15.1 Å². The Labute approximate surface area is 126 Å². The molecule has 11 heteroatoms. The van der Waals surface area contributed by atoms with E-state index < -0.39 is 29.8 Å². The zero-order valence-electron chi connectivity index (χ0n) is 11.0. The maximum atomic E-state index is 12.8. The Balaban J connectivity index is 1.83. The van der Waals surface area contributed by atoms with Gasteiger partial charge in [-0.3, -0.25) is 5.32 Å². The van der Waals surface area contributed by atoms with Gasteiger partial charge in [0.1, 0.15) is 16.4 Å². The van der Waals surface area contributed by atoms with Gasteiger partial charge in [0.25, 0.3) is 0 Å². The summed E-state index contributed by atoms with van der Waals surface area (Å²) in [6.07, 6.45) is -7.75. The number of hydrogen-bond donors (Lipinski definition) is 3. The highest BCUT2D eigenvalue weighted by Gasteiger charge is 2.56. The summed E-state index contributed by atoms with van der Waals surface area (Å²) in [6, 6.07) is 0. The van der Waals surface area contributed by atoms with E-state index in [4.69, 9.17) is 14.7 Å². The SMILES string of the molecule is O=C(O)Nc1csc(C23COC(C(F)(F)F)CC2CON3)n1.